The van der Waals surface area contributed by atoms with Crippen LogP contribution in [0.15, 0.2) is 0 Å². The first kappa shape index (κ1) is 18.0. The fourth-order valence-electron chi connectivity index (χ4n) is 5.24. The van der Waals surface area contributed by atoms with Crippen LogP contribution < -0.4 is 0 Å². The molecule has 0 aromatic carbocycles. The maximum Gasteiger partial charge on any atom is 0.242 e. The van der Waals surface area contributed by atoms with Crippen LogP contribution in [0.5, 0.6) is 0 Å². The number of carbonyl (C=O) groups excluding carboxylic acids is 1. The molecular weight excluding hydrogens is 333 g/mol. The lowest BCUT2D eigenvalue weighted by atomic mass is 9.75. The average Bonchev–Trinajstić information content (AvgIpc) is 3.37. The molecule has 1 amide bonds. The molecule has 1 unspecified atom stereocenters. The molecule has 3 heterocycles. The van der Waals surface area contributed by atoms with Gasteiger partial charge in [0.2, 0.25) is 5.91 Å². The summed E-state index contributed by atoms with van der Waals surface area (Å²) in [6.45, 7) is 12.4. The molecule has 6 heteroatoms. The third-order valence-electron chi connectivity index (χ3n) is 6.77. The van der Waals surface area contributed by atoms with Crippen LogP contribution in [0.1, 0.15) is 46.0 Å². The molecule has 1 spiro atoms. The number of rotatable bonds is 4. The van der Waals surface area contributed by atoms with E-state index in [0.717, 1.165) is 19.6 Å². The van der Waals surface area contributed by atoms with Crippen LogP contribution in [0.4, 0.5) is 0 Å². The van der Waals surface area contributed by atoms with Gasteiger partial charge in [-0.3, -0.25) is 4.79 Å². The van der Waals surface area contributed by atoms with Crippen LogP contribution in [-0.4, -0.2) is 78.0 Å². The molecule has 5 nitrogen and oxygen atoms in total. The maximum absolute atomic E-state index is 13.1. The minimum atomic E-state index is -2.33. The van der Waals surface area contributed by atoms with Gasteiger partial charge in [0.15, 0.2) is 0 Å². The average molecular weight is 367 g/mol. The van der Waals surface area contributed by atoms with Crippen LogP contribution in [0.2, 0.25) is 0 Å². The Labute approximate surface area is 152 Å². The van der Waals surface area contributed by atoms with Crippen molar-refractivity contribution in [2.24, 2.45) is 11.3 Å². The van der Waals surface area contributed by atoms with E-state index in [1.807, 2.05) is 18.0 Å². The molecule has 0 aromatic rings. The van der Waals surface area contributed by atoms with E-state index in [4.69, 9.17) is 0 Å². The van der Waals surface area contributed by atoms with Crippen LogP contribution >= 0.6 is 7.29 Å². The largest absolute Gasteiger partial charge is 0.340 e. The number of amides is 1. The van der Waals surface area contributed by atoms with Gasteiger partial charge in [0.1, 0.15) is 13.3 Å². The van der Waals surface area contributed by atoms with E-state index in [-0.39, 0.29) is 18.0 Å². The highest BCUT2D eigenvalue weighted by molar-refractivity contribution is 7.60. The number of hydrogen-bond acceptors (Lipinski definition) is 3. The molecule has 0 N–H and O–H groups in total. The second kappa shape index (κ2) is 6.07. The fraction of sp³-hybridized carbons (Fsp3) is 0.947. The monoisotopic (exact) mass is 367 g/mol. The van der Waals surface area contributed by atoms with Gasteiger partial charge in [-0.1, -0.05) is 6.42 Å². The molecule has 25 heavy (non-hydrogen) atoms. The van der Waals surface area contributed by atoms with Gasteiger partial charge in [-0.25, -0.2) is 4.67 Å². The summed E-state index contributed by atoms with van der Waals surface area (Å²) >= 11 is 0. The van der Waals surface area contributed by atoms with Gasteiger partial charge in [0.05, 0.1) is 0 Å². The van der Waals surface area contributed by atoms with Crippen molar-refractivity contribution in [3.8, 4) is 0 Å². The summed E-state index contributed by atoms with van der Waals surface area (Å²) in [5.74, 6) is 0.874. The minimum Gasteiger partial charge on any atom is -0.340 e. The van der Waals surface area contributed by atoms with Crippen molar-refractivity contribution in [1.29, 1.82) is 0 Å². The lowest BCUT2D eigenvalue weighted by molar-refractivity contribution is -0.145. The summed E-state index contributed by atoms with van der Waals surface area (Å²) in [5.41, 5.74) is 0.313. The highest BCUT2D eigenvalue weighted by Crippen LogP contribution is 2.61. The molecule has 1 aliphatic carbocycles. The third-order valence-corrected chi connectivity index (χ3v) is 8.40. The van der Waals surface area contributed by atoms with Crippen LogP contribution in [0, 0.1) is 11.3 Å². The highest BCUT2D eigenvalue weighted by atomic mass is 31.2. The first-order valence-corrected chi connectivity index (χ1v) is 12.6. The number of hydrogen-bond donors (Lipinski definition) is 0. The van der Waals surface area contributed by atoms with E-state index in [2.05, 4.69) is 23.6 Å². The fourth-order valence-corrected chi connectivity index (χ4v) is 6.97. The first-order valence-electron chi connectivity index (χ1n) is 10.1. The van der Waals surface area contributed by atoms with E-state index < -0.39 is 7.29 Å². The Morgan fingerprint density at radius 3 is 2.36 bits per heavy atom. The van der Waals surface area contributed by atoms with Gasteiger partial charge in [-0.15, -0.1) is 0 Å². The molecule has 4 rings (SSSR count). The zero-order chi connectivity index (χ0) is 18.0. The molecule has 4 aliphatic rings. The van der Waals surface area contributed by atoms with Crippen molar-refractivity contribution in [3.05, 3.63) is 0 Å². The molecule has 1 saturated carbocycles. The summed E-state index contributed by atoms with van der Waals surface area (Å²) in [6, 6.07) is 0.771. The predicted octanol–water partition coefficient (Wildman–Crippen LogP) is 2.71. The lowest BCUT2D eigenvalue weighted by Crippen LogP contribution is -2.63. The first-order chi connectivity index (χ1) is 11.7. The number of carbonyl (C=O) groups is 1. The standard InChI is InChI=1S/C19H34N3O2P/c1-14(2)20-10-6-5-9-19(11-20)12-21(13-19)18(23)17-16(15-7-8-15)22(17)25(3,4)24/h14-17H,5-13H2,1-4H3/t16-,17+,22?/m0/s1. The molecule has 0 aromatic heterocycles. The van der Waals surface area contributed by atoms with Gasteiger partial charge < -0.3 is 14.4 Å². The van der Waals surface area contributed by atoms with Gasteiger partial charge in [0.25, 0.3) is 0 Å². The Hall–Kier alpha value is -0.380. The van der Waals surface area contributed by atoms with Crippen molar-refractivity contribution >= 4 is 13.2 Å². The zero-order valence-corrected chi connectivity index (χ0v) is 17.2. The summed E-state index contributed by atoms with van der Waals surface area (Å²) in [4.78, 5) is 17.7. The molecule has 0 bridgehead atoms. The topological polar surface area (TPSA) is 43.6 Å². The van der Waals surface area contributed by atoms with Crippen molar-refractivity contribution in [1.82, 2.24) is 14.5 Å². The van der Waals surface area contributed by atoms with Gasteiger partial charge >= 0.3 is 0 Å². The maximum atomic E-state index is 13.1. The number of likely N-dealkylation sites (tertiary alicyclic amines) is 2. The second-order valence-electron chi connectivity index (χ2n) is 9.66. The molecular formula is C19H34N3O2P. The summed E-state index contributed by atoms with van der Waals surface area (Å²) in [6.07, 6.45) is 6.23. The van der Waals surface area contributed by atoms with Crippen molar-refractivity contribution in [2.45, 2.75) is 64.1 Å². The normalized spacial score (nSPS) is 35.6. The highest BCUT2D eigenvalue weighted by Gasteiger charge is 2.64. The molecule has 3 aliphatic heterocycles. The quantitative estimate of drug-likeness (QED) is 0.566. The van der Waals surface area contributed by atoms with E-state index in [0.29, 0.717) is 17.4 Å². The Kier molecular flexibility index (Phi) is 4.37. The van der Waals surface area contributed by atoms with Crippen LogP contribution in [0.25, 0.3) is 0 Å². The predicted molar refractivity (Wildman–Crippen MR) is 101 cm³/mol. The van der Waals surface area contributed by atoms with Crippen LogP contribution in [-0.2, 0) is 9.36 Å². The van der Waals surface area contributed by atoms with Crippen molar-refractivity contribution < 1.29 is 9.36 Å². The van der Waals surface area contributed by atoms with Gasteiger partial charge in [-0.05, 0) is 52.0 Å². The smallest absolute Gasteiger partial charge is 0.242 e. The Morgan fingerprint density at radius 2 is 1.80 bits per heavy atom. The van der Waals surface area contributed by atoms with Gasteiger partial charge in [0, 0.05) is 50.5 Å². The Bertz CT molecular complexity index is 591. The van der Waals surface area contributed by atoms with E-state index in [9.17, 15) is 9.36 Å². The molecule has 3 saturated heterocycles. The molecule has 3 atom stereocenters. The Balaban J connectivity index is 1.40. The van der Waals surface area contributed by atoms with Crippen molar-refractivity contribution in [3.63, 3.8) is 0 Å². The number of nitrogens with zero attached hydrogens (tertiary/aromatic N) is 3. The summed E-state index contributed by atoms with van der Waals surface area (Å²) < 4.78 is 14.6. The van der Waals surface area contributed by atoms with E-state index in [1.165, 1.54) is 38.6 Å². The van der Waals surface area contributed by atoms with Crippen molar-refractivity contribution in [2.75, 3.05) is 39.5 Å². The van der Waals surface area contributed by atoms with Gasteiger partial charge in [-0.2, -0.15) is 0 Å². The third kappa shape index (κ3) is 3.33. The summed E-state index contributed by atoms with van der Waals surface area (Å²) in [7, 11) is -2.33. The molecule has 4 fully saturated rings. The minimum absolute atomic E-state index is 0.0855. The SMILES string of the molecule is CC(C)N1CCCCC2(CN(C(=O)[C@H]3[C@H](C4CC4)N3P(C)(C)=O)C2)C1. The van der Waals surface area contributed by atoms with Crippen LogP contribution in [0.3, 0.4) is 0 Å². The second-order valence-corrected chi connectivity index (χ2v) is 12.7. The van der Waals surface area contributed by atoms with E-state index >= 15 is 0 Å². The Morgan fingerprint density at radius 1 is 1.12 bits per heavy atom. The molecule has 0 radical (unpaired) electrons. The lowest BCUT2D eigenvalue weighted by Gasteiger charge is -2.52. The zero-order valence-electron chi connectivity index (χ0n) is 16.3. The summed E-state index contributed by atoms with van der Waals surface area (Å²) in [5, 5.41) is 0. The van der Waals surface area contributed by atoms with E-state index in [1.54, 1.807) is 0 Å². The molecule has 142 valence electrons.